The number of hydrogen-bond acceptors (Lipinski definition) is 2. The Morgan fingerprint density at radius 2 is 2.33 bits per heavy atom. The first-order chi connectivity index (χ1) is 8.60. The lowest BCUT2D eigenvalue weighted by molar-refractivity contribution is 0.628. The highest BCUT2D eigenvalue weighted by atomic mass is 35.5. The molecule has 0 fully saturated rings. The number of allylic oxidation sites excluding steroid dienone is 1. The van der Waals surface area contributed by atoms with Gasteiger partial charge in [-0.15, -0.1) is 6.58 Å². The SMILES string of the molecule is C=CCn1cc(C)nc1Nc1cc(F)ccc1Cl. The van der Waals surface area contributed by atoms with Crippen molar-refractivity contribution in [2.75, 3.05) is 5.32 Å². The van der Waals surface area contributed by atoms with Gasteiger partial charge in [0.05, 0.1) is 16.4 Å². The van der Waals surface area contributed by atoms with E-state index >= 15 is 0 Å². The van der Waals surface area contributed by atoms with Crippen LogP contribution in [0.25, 0.3) is 0 Å². The third kappa shape index (κ3) is 2.71. The molecular weight excluding hydrogens is 253 g/mol. The summed E-state index contributed by atoms with van der Waals surface area (Å²) in [5.74, 6) is 0.264. The second kappa shape index (κ2) is 5.23. The Labute approximate surface area is 110 Å². The first-order valence-electron chi connectivity index (χ1n) is 5.47. The van der Waals surface area contributed by atoms with Gasteiger partial charge in [0.15, 0.2) is 0 Å². The molecule has 3 nitrogen and oxygen atoms in total. The molecule has 0 amide bonds. The normalized spacial score (nSPS) is 10.4. The van der Waals surface area contributed by atoms with E-state index in [4.69, 9.17) is 11.6 Å². The number of nitrogens with one attached hydrogen (secondary N) is 1. The largest absolute Gasteiger partial charge is 0.324 e. The third-order valence-corrected chi connectivity index (χ3v) is 2.73. The van der Waals surface area contributed by atoms with Gasteiger partial charge in [0, 0.05) is 12.7 Å². The summed E-state index contributed by atoms with van der Waals surface area (Å²) >= 11 is 6.00. The lowest BCUT2D eigenvalue weighted by atomic mass is 10.3. The monoisotopic (exact) mass is 265 g/mol. The van der Waals surface area contributed by atoms with Gasteiger partial charge in [-0.3, -0.25) is 0 Å². The molecular formula is C13H13ClFN3. The van der Waals surface area contributed by atoms with Gasteiger partial charge >= 0.3 is 0 Å². The van der Waals surface area contributed by atoms with Gasteiger partial charge in [0.2, 0.25) is 5.95 Å². The van der Waals surface area contributed by atoms with E-state index in [1.165, 1.54) is 18.2 Å². The molecule has 1 N–H and O–H groups in total. The molecule has 0 saturated carbocycles. The Bertz CT molecular complexity index is 578. The minimum absolute atomic E-state index is 0.347. The van der Waals surface area contributed by atoms with Gasteiger partial charge in [-0.2, -0.15) is 0 Å². The van der Waals surface area contributed by atoms with Crippen LogP contribution in [-0.2, 0) is 6.54 Å². The van der Waals surface area contributed by atoms with Gasteiger partial charge in [-0.05, 0) is 25.1 Å². The fourth-order valence-corrected chi connectivity index (χ4v) is 1.80. The quantitative estimate of drug-likeness (QED) is 0.850. The Balaban J connectivity index is 2.33. The van der Waals surface area contributed by atoms with Crippen molar-refractivity contribution in [3.8, 4) is 0 Å². The second-order valence-corrected chi connectivity index (χ2v) is 4.30. The van der Waals surface area contributed by atoms with Crippen LogP contribution in [0.3, 0.4) is 0 Å². The minimum atomic E-state index is -0.347. The van der Waals surface area contributed by atoms with Crippen molar-refractivity contribution < 1.29 is 4.39 Å². The van der Waals surface area contributed by atoms with Gasteiger partial charge in [0.1, 0.15) is 5.82 Å². The molecule has 18 heavy (non-hydrogen) atoms. The predicted octanol–water partition coefficient (Wildman–Crippen LogP) is 3.91. The topological polar surface area (TPSA) is 29.9 Å². The van der Waals surface area contributed by atoms with E-state index in [-0.39, 0.29) is 5.82 Å². The molecule has 2 rings (SSSR count). The highest BCUT2D eigenvalue weighted by Crippen LogP contribution is 2.25. The fraction of sp³-hybridized carbons (Fsp3) is 0.154. The summed E-state index contributed by atoms with van der Waals surface area (Å²) in [6.07, 6.45) is 3.65. The summed E-state index contributed by atoms with van der Waals surface area (Å²) in [7, 11) is 0. The molecule has 0 radical (unpaired) electrons. The van der Waals surface area contributed by atoms with E-state index in [1.54, 1.807) is 6.08 Å². The van der Waals surface area contributed by atoms with Crippen molar-refractivity contribution in [1.82, 2.24) is 9.55 Å². The highest BCUT2D eigenvalue weighted by Gasteiger charge is 2.08. The molecule has 0 saturated heterocycles. The maximum absolute atomic E-state index is 13.2. The molecule has 0 aliphatic heterocycles. The molecule has 0 unspecified atom stereocenters. The number of rotatable bonds is 4. The average Bonchev–Trinajstić information content (AvgIpc) is 2.65. The smallest absolute Gasteiger partial charge is 0.207 e. The molecule has 1 aromatic carbocycles. The number of aromatic nitrogens is 2. The number of halogens is 2. The Hall–Kier alpha value is -1.81. The maximum Gasteiger partial charge on any atom is 0.207 e. The van der Waals surface area contributed by atoms with E-state index in [0.29, 0.717) is 23.2 Å². The van der Waals surface area contributed by atoms with Crippen LogP contribution < -0.4 is 5.32 Å². The van der Waals surface area contributed by atoms with Crippen LogP contribution in [0.4, 0.5) is 16.0 Å². The van der Waals surface area contributed by atoms with Gasteiger partial charge in [-0.1, -0.05) is 17.7 Å². The standard InChI is InChI=1S/C13H13ClFN3/c1-3-6-18-8-9(2)16-13(18)17-12-7-10(15)4-5-11(12)14/h3-5,7-8H,1,6H2,2H3,(H,16,17). The number of aryl methyl sites for hydroxylation is 1. The average molecular weight is 266 g/mol. The third-order valence-electron chi connectivity index (χ3n) is 2.40. The van der Waals surface area contributed by atoms with Crippen molar-refractivity contribution in [1.29, 1.82) is 0 Å². The van der Waals surface area contributed by atoms with E-state index in [1.807, 2.05) is 17.7 Å². The zero-order valence-electron chi connectivity index (χ0n) is 9.95. The lowest BCUT2D eigenvalue weighted by Gasteiger charge is -2.09. The molecule has 0 spiro atoms. The van der Waals surface area contributed by atoms with Crippen molar-refractivity contribution in [3.05, 3.63) is 53.6 Å². The zero-order valence-corrected chi connectivity index (χ0v) is 10.7. The Morgan fingerprint density at radius 3 is 3.06 bits per heavy atom. The number of benzene rings is 1. The van der Waals surface area contributed by atoms with Crippen molar-refractivity contribution in [2.45, 2.75) is 13.5 Å². The lowest BCUT2D eigenvalue weighted by Crippen LogP contribution is -2.02. The highest BCUT2D eigenvalue weighted by molar-refractivity contribution is 6.33. The van der Waals surface area contributed by atoms with E-state index < -0.39 is 0 Å². The molecule has 94 valence electrons. The molecule has 0 aliphatic rings. The summed E-state index contributed by atoms with van der Waals surface area (Å²) in [4.78, 5) is 4.32. The Morgan fingerprint density at radius 1 is 1.56 bits per heavy atom. The van der Waals surface area contributed by atoms with Gasteiger partial charge in [0.25, 0.3) is 0 Å². The van der Waals surface area contributed by atoms with Crippen LogP contribution in [-0.4, -0.2) is 9.55 Å². The van der Waals surface area contributed by atoms with Crippen LogP contribution in [0, 0.1) is 12.7 Å². The van der Waals surface area contributed by atoms with E-state index in [2.05, 4.69) is 16.9 Å². The molecule has 1 aromatic heterocycles. The first-order valence-corrected chi connectivity index (χ1v) is 5.84. The molecule has 0 aliphatic carbocycles. The summed E-state index contributed by atoms with van der Waals surface area (Å²) in [5.41, 5.74) is 1.36. The van der Waals surface area contributed by atoms with Crippen LogP contribution >= 0.6 is 11.6 Å². The molecule has 0 atom stereocenters. The number of nitrogens with zero attached hydrogens (tertiary/aromatic N) is 2. The maximum atomic E-state index is 13.2. The number of hydrogen-bond donors (Lipinski definition) is 1. The molecule has 5 heteroatoms. The minimum Gasteiger partial charge on any atom is -0.324 e. The van der Waals surface area contributed by atoms with E-state index in [0.717, 1.165) is 5.69 Å². The fourth-order valence-electron chi connectivity index (χ4n) is 1.64. The summed E-state index contributed by atoms with van der Waals surface area (Å²) < 4.78 is 15.0. The number of anilines is 2. The second-order valence-electron chi connectivity index (χ2n) is 3.90. The van der Waals surface area contributed by atoms with Crippen molar-refractivity contribution in [3.63, 3.8) is 0 Å². The summed E-state index contributed by atoms with van der Waals surface area (Å²) in [6.45, 7) is 6.19. The predicted molar refractivity (Wildman–Crippen MR) is 71.9 cm³/mol. The van der Waals surface area contributed by atoms with Crippen molar-refractivity contribution >= 4 is 23.2 Å². The molecule has 1 heterocycles. The van der Waals surface area contributed by atoms with E-state index in [9.17, 15) is 4.39 Å². The Kier molecular flexibility index (Phi) is 3.67. The van der Waals surface area contributed by atoms with Crippen LogP contribution in [0.15, 0.2) is 37.1 Å². The van der Waals surface area contributed by atoms with Crippen LogP contribution in [0.5, 0.6) is 0 Å². The first kappa shape index (κ1) is 12.6. The molecule has 2 aromatic rings. The summed E-state index contributed by atoms with van der Waals surface area (Å²) in [6, 6.07) is 4.16. The van der Waals surface area contributed by atoms with Crippen LogP contribution in [0.1, 0.15) is 5.69 Å². The summed E-state index contributed by atoms with van der Waals surface area (Å²) in [5, 5.41) is 3.47. The van der Waals surface area contributed by atoms with Gasteiger partial charge in [-0.25, -0.2) is 9.37 Å². The zero-order chi connectivity index (χ0) is 13.1. The van der Waals surface area contributed by atoms with Gasteiger partial charge < -0.3 is 9.88 Å². The van der Waals surface area contributed by atoms with Crippen LogP contribution in [0.2, 0.25) is 5.02 Å². The van der Waals surface area contributed by atoms with Crippen molar-refractivity contribution in [2.24, 2.45) is 0 Å². The molecule has 0 bridgehead atoms. The number of imidazole rings is 1.